The normalized spacial score (nSPS) is 21.2. The minimum Gasteiger partial charge on any atom is -0.504 e. The summed E-state index contributed by atoms with van der Waals surface area (Å²) in [4.78, 5) is 11.4. The number of ether oxygens (including phenoxy) is 1. The highest BCUT2D eigenvalue weighted by atomic mass is 16.5. The second kappa shape index (κ2) is 4.45. The van der Waals surface area contributed by atoms with Crippen LogP contribution in [0.4, 0.5) is 0 Å². The maximum Gasteiger partial charge on any atom is 0.220 e. The van der Waals surface area contributed by atoms with Crippen molar-refractivity contribution in [3.8, 4) is 5.75 Å². The van der Waals surface area contributed by atoms with Gasteiger partial charge in [-0.25, -0.2) is 0 Å². The monoisotopic (exact) mass is 206 g/mol. The summed E-state index contributed by atoms with van der Waals surface area (Å²) in [5.41, 5.74) is 0.272. The topological polar surface area (TPSA) is 46.5 Å². The summed E-state index contributed by atoms with van der Waals surface area (Å²) in [5.74, 6) is -0.174. The van der Waals surface area contributed by atoms with Gasteiger partial charge in [0.1, 0.15) is 0 Å². The van der Waals surface area contributed by atoms with E-state index in [9.17, 15) is 9.90 Å². The van der Waals surface area contributed by atoms with Crippen molar-refractivity contribution < 1.29 is 9.84 Å². The standard InChI is InChI=1S/C12H14O3/c13-10-6-2-1-5-9(12(10)14)11-7-3-4-8-15-11/h1-2,5-6,11H,3-4,7-8H2,(H,13,14)/t11-/m0/s1. The Morgan fingerprint density at radius 2 is 2.07 bits per heavy atom. The van der Waals surface area contributed by atoms with Gasteiger partial charge in [-0.15, -0.1) is 0 Å². The molecule has 0 saturated carbocycles. The van der Waals surface area contributed by atoms with E-state index in [4.69, 9.17) is 4.74 Å². The molecule has 1 aromatic rings. The SMILES string of the molecule is O=c1ccccc([C@@H]2CCCCO2)c1O. The molecule has 0 unspecified atom stereocenters. The van der Waals surface area contributed by atoms with Crippen molar-refractivity contribution in [2.24, 2.45) is 0 Å². The van der Waals surface area contributed by atoms with Crippen LogP contribution in [0.25, 0.3) is 0 Å². The van der Waals surface area contributed by atoms with E-state index in [2.05, 4.69) is 0 Å². The molecule has 1 saturated heterocycles. The van der Waals surface area contributed by atoms with Crippen molar-refractivity contribution in [2.75, 3.05) is 6.61 Å². The Bertz CT molecular complexity index is 394. The molecule has 2 rings (SSSR count). The molecule has 1 heterocycles. The molecule has 3 heteroatoms. The highest BCUT2D eigenvalue weighted by molar-refractivity contribution is 5.32. The molecular weight excluding hydrogens is 192 g/mol. The van der Waals surface area contributed by atoms with E-state index >= 15 is 0 Å². The van der Waals surface area contributed by atoms with Crippen molar-refractivity contribution in [2.45, 2.75) is 25.4 Å². The van der Waals surface area contributed by atoms with E-state index in [1.807, 2.05) is 0 Å². The Balaban J connectivity index is 2.39. The van der Waals surface area contributed by atoms with Gasteiger partial charge >= 0.3 is 0 Å². The van der Waals surface area contributed by atoms with Gasteiger partial charge in [-0.1, -0.05) is 18.2 Å². The predicted octanol–water partition coefficient (Wildman–Crippen LogP) is 1.99. The van der Waals surface area contributed by atoms with E-state index in [0.717, 1.165) is 19.3 Å². The summed E-state index contributed by atoms with van der Waals surface area (Å²) < 4.78 is 5.54. The number of hydrogen-bond donors (Lipinski definition) is 1. The van der Waals surface area contributed by atoms with Gasteiger partial charge in [-0.05, 0) is 25.3 Å². The molecule has 15 heavy (non-hydrogen) atoms. The molecule has 1 aliphatic heterocycles. The Morgan fingerprint density at radius 3 is 2.80 bits per heavy atom. The Morgan fingerprint density at radius 1 is 1.27 bits per heavy atom. The maximum atomic E-state index is 11.4. The average Bonchev–Trinajstić information content (AvgIpc) is 2.44. The van der Waals surface area contributed by atoms with Crippen LogP contribution in [0.15, 0.2) is 29.1 Å². The van der Waals surface area contributed by atoms with Gasteiger partial charge in [0.2, 0.25) is 5.43 Å². The van der Waals surface area contributed by atoms with Crippen LogP contribution < -0.4 is 5.43 Å². The first-order valence-electron chi connectivity index (χ1n) is 5.23. The van der Waals surface area contributed by atoms with E-state index in [1.54, 1.807) is 18.2 Å². The number of rotatable bonds is 1. The summed E-state index contributed by atoms with van der Waals surface area (Å²) in [6.45, 7) is 0.705. The molecule has 1 aliphatic rings. The predicted molar refractivity (Wildman–Crippen MR) is 56.9 cm³/mol. The van der Waals surface area contributed by atoms with E-state index in [0.29, 0.717) is 12.2 Å². The van der Waals surface area contributed by atoms with E-state index in [-0.39, 0.29) is 17.3 Å². The fourth-order valence-electron chi connectivity index (χ4n) is 1.85. The van der Waals surface area contributed by atoms with Crippen LogP contribution in [0.1, 0.15) is 30.9 Å². The molecule has 0 radical (unpaired) electrons. The molecule has 0 spiro atoms. The van der Waals surface area contributed by atoms with Gasteiger partial charge in [0.05, 0.1) is 6.10 Å². The van der Waals surface area contributed by atoms with Crippen LogP contribution in [0.5, 0.6) is 5.75 Å². The fraction of sp³-hybridized carbons (Fsp3) is 0.417. The van der Waals surface area contributed by atoms with Gasteiger partial charge < -0.3 is 9.84 Å². The van der Waals surface area contributed by atoms with Gasteiger partial charge in [0, 0.05) is 12.2 Å². The third kappa shape index (κ3) is 2.18. The number of hydrogen-bond acceptors (Lipinski definition) is 3. The Kier molecular flexibility index (Phi) is 3.02. The minimum absolute atomic E-state index is 0.126. The van der Waals surface area contributed by atoms with Gasteiger partial charge in [0.25, 0.3) is 0 Å². The van der Waals surface area contributed by atoms with Crippen molar-refractivity contribution in [1.82, 2.24) is 0 Å². The molecule has 1 aromatic carbocycles. The molecule has 1 fully saturated rings. The summed E-state index contributed by atoms with van der Waals surface area (Å²) in [6, 6.07) is 6.51. The Hall–Kier alpha value is -1.35. The lowest BCUT2D eigenvalue weighted by atomic mass is 10.0. The third-order valence-electron chi connectivity index (χ3n) is 2.67. The second-order valence-electron chi connectivity index (χ2n) is 3.74. The zero-order valence-electron chi connectivity index (χ0n) is 8.48. The molecule has 1 N–H and O–H groups in total. The smallest absolute Gasteiger partial charge is 0.220 e. The quantitative estimate of drug-likeness (QED) is 0.764. The summed E-state index contributed by atoms with van der Waals surface area (Å²) in [5, 5.41) is 9.72. The van der Waals surface area contributed by atoms with Crippen molar-refractivity contribution in [3.63, 3.8) is 0 Å². The largest absolute Gasteiger partial charge is 0.504 e. The van der Waals surface area contributed by atoms with Crippen molar-refractivity contribution in [1.29, 1.82) is 0 Å². The van der Waals surface area contributed by atoms with Gasteiger partial charge in [0.15, 0.2) is 5.75 Å². The number of aromatic hydroxyl groups is 1. The maximum absolute atomic E-state index is 11.4. The summed E-state index contributed by atoms with van der Waals surface area (Å²) in [6.07, 6.45) is 2.88. The molecule has 0 aromatic heterocycles. The van der Waals surface area contributed by atoms with Crippen LogP contribution >= 0.6 is 0 Å². The average molecular weight is 206 g/mol. The van der Waals surface area contributed by atoms with Crippen LogP contribution in [0.2, 0.25) is 0 Å². The zero-order valence-corrected chi connectivity index (χ0v) is 8.48. The lowest BCUT2D eigenvalue weighted by Crippen LogP contribution is -2.12. The molecular formula is C12H14O3. The molecule has 3 nitrogen and oxygen atoms in total. The lowest BCUT2D eigenvalue weighted by molar-refractivity contribution is 0.0136. The highest BCUT2D eigenvalue weighted by Gasteiger charge is 2.19. The van der Waals surface area contributed by atoms with Crippen molar-refractivity contribution >= 4 is 0 Å². The van der Waals surface area contributed by atoms with Gasteiger partial charge in [-0.2, -0.15) is 0 Å². The van der Waals surface area contributed by atoms with Gasteiger partial charge in [-0.3, -0.25) is 4.79 Å². The van der Waals surface area contributed by atoms with E-state index in [1.165, 1.54) is 6.07 Å². The first-order valence-corrected chi connectivity index (χ1v) is 5.23. The molecule has 0 amide bonds. The third-order valence-corrected chi connectivity index (χ3v) is 2.67. The second-order valence-corrected chi connectivity index (χ2v) is 3.74. The van der Waals surface area contributed by atoms with Crippen LogP contribution in [-0.4, -0.2) is 11.7 Å². The lowest BCUT2D eigenvalue weighted by Gasteiger charge is -2.22. The first kappa shape index (κ1) is 10.2. The fourth-order valence-corrected chi connectivity index (χ4v) is 1.85. The zero-order chi connectivity index (χ0) is 10.7. The van der Waals surface area contributed by atoms with Crippen molar-refractivity contribution in [3.05, 3.63) is 40.1 Å². The highest BCUT2D eigenvalue weighted by Crippen LogP contribution is 2.30. The Labute approximate surface area is 88.3 Å². The van der Waals surface area contributed by atoms with Crippen LogP contribution in [0, 0.1) is 0 Å². The van der Waals surface area contributed by atoms with Crippen LogP contribution in [0.3, 0.4) is 0 Å². The minimum atomic E-state index is -0.343. The molecule has 1 atom stereocenters. The van der Waals surface area contributed by atoms with E-state index < -0.39 is 0 Å². The first-order chi connectivity index (χ1) is 7.29. The molecule has 0 bridgehead atoms. The summed E-state index contributed by atoms with van der Waals surface area (Å²) in [7, 11) is 0. The van der Waals surface area contributed by atoms with Crippen LogP contribution in [-0.2, 0) is 4.74 Å². The molecule has 0 aliphatic carbocycles. The molecule has 80 valence electrons. The summed E-state index contributed by atoms with van der Waals surface area (Å²) >= 11 is 0.